The van der Waals surface area contributed by atoms with Crippen LogP contribution in [0.15, 0.2) is 22.7 Å². The topological polar surface area (TPSA) is 29.5 Å². The molecular weight excluding hydrogens is 306 g/mol. The number of benzene rings is 1. The van der Waals surface area contributed by atoms with Crippen LogP contribution >= 0.6 is 15.9 Å². The summed E-state index contributed by atoms with van der Waals surface area (Å²) in [5.41, 5.74) is 2.31. The molecule has 0 radical (unpaired) electrons. The van der Waals surface area contributed by atoms with Crippen molar-refractivity contribution in [2.75, 3.05) is 25.1 Å². The van der Waals surface area contributed by atoms with Crippen LogP contribution in [0, 0.1) is 5.41 Å². The summed E-state index contributed by atoms with van der Waals surface area (Å²) in [6.07, 6.45) is 5.28. The van der Waals surface area contributed by atoms with Gasteiger partial charge in [-0.05, 0) is 49.3 Å². The van der Waals surface area contributed by atoms with E-state index in [1.54, 1.807) is 0 Å². The minimum atomic E-state index is -0.255. The fourth-order valence-electron chi connectivity index (χ4n) is 2.95. The van der Waals surface area contributed by atoms with Crippen molar-refractivity contribution in [3.8, 4) is 0 Å². The van der Waals surface area contributed by atoms with Crippen molar-refractivity contribution in [3.05, 3.63) is 28.2 Å². The van der Waals surface area contributed by atoms with Crippen LogP contribution in [0.3, 0.4) is 0 Å². The SMILES string of the molecule is COC(=O)c1ccc(Br)cc1N1CCC2(CC1)CC2. The molecule has 2 aliphatic rings. The second-order valence-electron chi connectivity index (χ2n) is 5.64. The van der Waals surface area contributed by atoms with Crippen LogP contribution in [-0.4, -0.2) is 26.2 Å². The fourth-order valence-corrected chi connectivity index (χ4v) is 3.30. The molecule has 0 aromatic heterocycles. The van der Waals surface area contributed by atoms with Gasteiger partial charge in [0.25, 0.3) is 0 Å². The monoisotopic (exact) mass is 323 g/mol. The molecule has 0 amide bonds. The molecule has 3 nitrogen and oxygen atoms in total. The van der Waals surface area contributed by atoms with Crippen molar-refractivity contribution in [3.63, 3.8) is 0 Å². The summed E-state index contributed by atoms with van der Waals surface area (Å²) in [5, 5.41) is 0. The average Bonchev–Trinajstić information content (AvgIpc) is 3.18. The Morgan fingerprint density at radius 1 is 1.26 bits per heavy atom. The van der Waals surface area contributed by atoms with Gasteiger partial charge in [-0.2, -0.15) is 0 Å². The number of piperidine rings is 1. The molecule has 1 saturated heterocycles. The minimum absolute atomic E-state index is 0.255. The Morgan fingerprint density at radius 3 is 2.53 bits per heavy atom. The Hall–Kier alpha value is -1.03. The van der Waals surface area contributed by atoms with E-state index in [4.69, 9.17) is 4.74 Å². The zero-order valence-corrected chi connectivity index (χ0v) is 12.7. The van der Waals surface area contributed by atoms with Crippen LogP contribution in [0.25, 0.3) is 0 Å². The minimum Gasteiger partial charge on any atom is -0.465 e. The van der Waals surface area contributed by atoms with Gasteiger partial charge in [0.15, 0.2) is 0 Å². The third-order valence-electron chi connectivity index (χ3n) is 4.49. The highest BCUT2D eigenvalue weighted by atomic mass is 79.9. The maximum atomic E-state index is 11.9. The Bertz CT molecular complexity index is 501. The zero-order valence-electron chi connectivity index (χ0n) is 11.1. The number of hydrogen-bond acceptors (Lipinski definition) is 3. The number of hydrogen-bond donors (Lipinski definition) is 0. The summed E-state index contributed by atoms with van der Waals surface area (Å²) < 4.78 is 5.88. The molecule has 3 rings (SSSR count). The van der Waals surface area contributed by atoms with Gasteiger partial charge >= 0.3 is 5.97 Å². The molecule has 1 aromatic carbocycles. The van der Waals surface area contributed by atoms with Crippen LogP contribution in [0.1, 0.15) is 36.0 Å². The molecule has 0 bridgehead atoms. The molecular formula is C15H18BrNO2. The lowest BCUT2D eigenvalue weighted by atomic mass is 9.93. The van der Waals surface area contributed by atoms with Crippen molar-refractivity contribution in [2.24, 2.45) is 5.41 Å². The highest BCUT2D eigenvalue weighted by Crippen LogP contribution is 2.54. The van der Waals surface area contributed by atoms with E-state index in [-0.39, 0.29) is 5.97 Å². The highest BCUT2D eigenvalue weighted by Gasteiger charge is 2.44. The summed E-state index contributed by atoms with van der Waals surface area (Å²) in [4.78, 5) is 14.2. The summed E-state index contributed by atoms with van der Waals surface area (Å²) in [7, 11) is 1.43. The first-order valence-electron chi connectivity index (χ1n) is 6.76. The lowest BCUT2D eigenvalue weighted by Gasteiger charge is -2.34. The number of methoxy groups -OCH3 is 1. The van der Waals surface area contributed by atoms with Gasteiger partial charge in [-0.3, -0.25) is 0 Å². The van der Waals surface area contributed by atoms with Crippen molar-refractivity contribution in [1.29, 1.82) is 0 Å². The summed E-state index contributed by atoms with van der Waals surface area (Å²) in [5.74, 6) is -0.255. The van der Waals surface area contributed by atoms with Crippen LogP contribution < -0.4 is 4.90 Å². The Morgan fingerprint density at radius 2 is 1.95 bits per heavy atom. The summed E-state index contributed by atoms with van der Waals surface area (Å²) in [6, 6.07) is 5.76. The van der Waals surface area contributed by atoms with E-state index < -0.39 is 0 Å². The molecule has 1 saturated carbocycles. The van der Waals surface area contributed by atoms with Crippen LogP contribution in [0.5, 0.6) is 0 Å². The highest BCUT2D eigenvalue weighted by molar-refractivity contribution is 9.10. The predicted molar refractivity (Wildman–Crippen MR) is 78.6 cm³/mol. The molecule has 1 aliphatic heterocycles. The number of carbonyl (C=O) groups excluding carboxylic acids is 1. The smallest absolute Gasteiger partial charge is 0.339 e. The van der Waals surface area contributed by atoms with Gasteiger partial charge in [0.2, 0.25) is 0 Å². The van der Waals surface area contributed by atoms with Crippen molar-refractivity contribution in [2.45, 2.75) is 25.7 Å². The van der Waals surface area contributed by atoms with Crippen LogP contribution in [0.4, 0.5) is 5.69 Å². The van der Waals surface area contributed by atoms with Crippen LogP contribution in [0.2, 0.25) is 0 Å². The van der Waals surface area contributed by atoms with E-state index in [2.05, 4.69) is 20.8 Å². The van der Waals surface area contributed by atoms with Gasteiger partial charge in [-0.15, -0.1) is 0 Å². The van der Waals surface area contributed by atoms with E-state index in [9.17, 15) is 4.79 Å². The largest absolute Gasteiger partial charge is 0.465 e. The molecule has 2 fully saturated rings. The van der Waals surface area contributed by atoms with E-state index >= 15 is 0 Å². The van der Waals surface area contributed by atoms with Gasteiger partial charge < -0.3 is 9.64 Å². The second-order valence-corrected chi connectivity index (χ2v) is 6.56. The Balaban J connectivity index is 1.86. The quantitative estimate of drug-likeness (QED) is 0.778. The van der Waals surface area contributed by atoms with E-state index in [1.165, 1.54) is 32.8 Å². The standard InChI is InChI=1S/C15H18BrNO2/c1-19-14(18)12-3-2-11(16)10-13(12)17-8-6-15(4-5-15)7-9-17/h2-3,10H,4-9H2,1H3. The van der Waals surface area contributed by atoms with Gasteiger partial charge in [0.05, 0.1) is 18.4 Å². The predicted octanol–water partition coefficient (Wildman–Crippen LogP) is 3.62. The normalized spacial score (nSPS) is 20.4. The van der Waals surface area contributed by atoms with Crippen molar-refractivity contribution < 1.29 is 9.53 Å². The van der Waals surface area contributed by atoms with E-state index in [1.807, 2.05) is 18.2 Å². The van der Waals surface area contributed by atoms with Crippen LogP contribution in [-0.2, 0) is 4.74 Å². The van der Waals surface area contributed by atoms with Crippen molar-refractivity contribution >= 4 is 27.6 Å². The van der Waals surface area contributed by atoms with Gasteiger partial charge in [0, 0.05) is 17.6 Å². The lowest BCUT2D eigenvalue weighted by Crippen LogP contribution is -2.35. The zero-order chi connectivity index (χ0) is 13.5. The maximum Gasteiger partial charge on any atom is 0.339 e. The van der Waals surface area contributed by atoms with Crippen molar-refractivity contribution in [1.82, 2.24) is 0 Å². The molecule has 0 atom stereocenters. The number of nitrogens with zero attached hydrogens (tertiary/aromatic N) is 1. The third kappa shape index (κ3) is 2.50. The van der Waals surface area contributed by atoms with Gasteiger partial charge in [0.1, 0.15) is 0 Å². The Labute approximate surface area is 122 Å². The first-order chi connectivity index (χ1) is 9.13. The molecule has 0 unspecified atom stereocenters. The molecule has 1 heterocycles. The number of halogens is 1. The molecule has 19 heavy (non-hydrogen) atoms. The summed E-state index contributed by atoms with van der Waals surface area (Å²) >= 11 is 3.49. The number of esters is 1. The number of anilines is 1. The lowest BCUT2D eigenvalue weighted by molar-refractivity contribution is 0.0601. The first kappa shape index (κ1) is 13.0. The molecule has 1 spiro atoms. The summed E-state index contributed by atoms with van der Waals surface area (Å²) in [6.45, 7) is 2.08. The maximum absolute atomic E-state index is 11.9. The number of rotatable bonds is 2. The van der Waals surface area contributed by atoms with E-state index in [0.29, 0.717) is 11.0 Å². The molecule has 1 aliphatic carbocycles. The van der Waals surface area contributed by atoms with Gasteiger partial charge in [-0.1, -0.05) is 15.9 Å². The Kier molecular flexibility index (Phi) is 3.29. The molecule has 4 heteroatoms. The molecule has 0 N–H and O–H groups in total. The third-order valence-corrected chi connectivity index (χ3v) is 4.98. The average molecular weight is 324 g/mol. The number of ether oxygens (including phenoxy) is 1. The second kappa shape index (κ2) is 4.82. The fraction of sp³-hybridized carbons (Fsp3) is 0.533. The molecule has 1 aromatic rings. The molecule has 102 valence electrons. The first-order valence-corrected chi connectivity index (χ1v) is 7.56. The van der Waals surface area contributed by atoms with E-state index in [0.717, 1.165) is 23.2 Å². The van der Waals surface area contributed by atoms with Gasteiger partial charge in [-0.25, -0.2) is 4.79 Å². The number of carbonyl (C=O) groups is 1.